The summed E-state index contributed by atoms with van der Waals surface area (Å²) in [6.45, 7) is 5.67. The van der Waals surface area contributed by atoms with Crippen LogP contribution in [0.2, 0.25) is 0 Å². The quantitative estimate of drug-likeness (QED) is 0.361. The van der Waals surface area contributed by atoms with E-state index in [4.69, 9.17) is 15.2 Å². The molecule has 136 valence electrons. The molecule has 0 aliphatic heterocycles. The molecule has 24 heavy (non-hydrogen) atoms. The molecule has 0 aromatic heterocycles. The Morgan fingerprint density at radius 1 is 1.21 bits per heavy atom. The first-order valence-electron chi connectivity index (χ1n) is 7.62. The molecule has 0 fully saturated rings. The van der Waals surface area contributed by atoms with Gasteiger partial charge in [0.25, 0.3) is 0 Å². The van der Waals surface area contributed by atoms with Crippen molar-refractivity contribution in [2.75, 3.05) is 39.2 Å². The summed E-state index contributed by atoms with van der Waals surface area (Å²) in [5.74, 6) is 1.57. The number of carbonyl (C=O) groups excluding carboxylic acids is 1. The Labute approximate surface area is 160 Å². The van der Waals surface area contributed by atoms with E-state index in [-0.39, 0.29) is 35.8 Å². The first-order valence-corrected chi connectivity index (χ1v) is 7.62. The van der Waals surface area contributed by atoms with Crippen LogP contribution in [0.3, 0.4) is 0 Å². The Morgan fingerprint density at radius 3 is 2.38 bits per heavy atom. The monoisotopic (exact) mass is 450 g/mol. The number of benzene rings is 1. The van der Waals surface area contributed by atoms with Crippen molar-refractivity contribution in [2.24, 2.45) is 10.7 Å². The largest absolute Gasteiger partial charge is 0.493 e. The van der Waals surface area contributed by atoms with Gasteiger partial charge in [-0.05, 0) is 26.0 Å². The van der Waals surface area contributed by atoms with Crippen molar-refractivity contribution in [3.05, 3.63) is 18.2 Å². The maximum atomic E-state index is 11.9. The minimum Gasteiger partial charge on any atom is -0.493 e. The third-order valence-corrected chi connectivity index (χ3v) is 3.38. The fraction of sp³-hybridized carbons (Fsp3) is 0.500. The Hall–Kier alpha value is -1.71. The molecule has 1 aromatic carbocycles. The van der Waals surface area contributed by atoms with Crippen molar-refractivity contribution in [1.82, 2.24) is 4.90 Å². The molecule has 0 aliphatic rings. The van der Waals surface area contributed by atoms with Crippen molar-refractivity contribution in [3.8, 4) is 11.5 Å². The van der Waals surface area contributed by atoms with Gasteiger partial charge in [0.05, 0.1) is 20.8 Å². The fourth-order valence-electron chi connectivity index (χ4n) is 2.11. The molecular weight excluding hydrogens is 423 g/mol. The Bertz CT molecular complexity index is 548. The van der Waals surface area contributed by atoms with Crippen LogP contribution in [0.25, 0.3) is 0 Å². The second-order valence-electron chi connectivity index (χ2n) is 4.78. The third kappa shape index (κ3) is 6.81. The zero-order chi connectivity index (χ0) is 17.2. The number of guanidine groups is 1. The van der Waals surface area contributed by atoms with E-state index in [0.717, 1.165) is 5.69 Å². The molecule has 0 saturated carbocycles. The van der Waals surface area contributed by atoms with Crippen molar-refractivity contribution < 1.29 is 14.3 Å². The maximum absolute atomic E-state index is 11.9. The lowest BCUT2D eigenvalue weighted by atomic mass is 10.3. The number of ether oxygens (including phenoxy) is 2. The highest BCUT2D eigenvalue weighted by molar-refractivity contribution is 14.0. The molecule has 0 radical (unpaired) electrons. The summed E-state index contributed by atoms with van der Waals surface area (Å²) >= 11 is 0. The minimum atomic E-state index is 0. The van der Waals surface area contributed by atoms with Crippen LogP contribution in [-0.2, 0) is 4.79 Å². The van der Waals surface area contributed by atoms with Gasteiger partial charge in [-0.25, -0.2) is 0 Å². The van der Waals surface area contributed by atoms with Gasteiger partial charge >= 0.3 is 0 Å². The smallest absolute Gasteiger partial charge is 0.224 e. The van der Waals surface area contributed by atoms with Crippen molar-refractivity contribution in [2.45, 2.75) is 20.3 Å². The zero-order valence-corrected chi connectivity index (χ0v) is 17.0. The van der Waals surface area contributed by atoms with Gasteiger partial charge in [0.1, 0.15) is 0 Å². The normalized spacial score (nSPS) is 10.6. The average Bonchev–Trinajstić information content (AvgIpc) is 2.55. The fourth-order valence-corrected chi connectivity index (χ4v) is 2.11. The van der Waals surface area contributed by atoms with Crippen LogP contribution < -0.4 is 20.5 Å². The van der Waals surface area contributed by atoms with Crippen molar-refractivity contribution in [3.63, 3.8) is 0 Å². The second-order valence-corrected chi connectivity index (χ2v) is 4.78. The van der Waals surface area contributed by atoms with E-state index in [2.05, 4.69) is 10.3 Å². The van der Waals surface area contributed by atoms with Gasteiger partial charge in [0.15, 0.2) is 17.5 Å². The van der Waals surface area contributed by atoms with Crippen LogP contribution in [0.5, 0.6) is 11.5 Å². The lowest BCUT2D eigenvalue weighted by Gasteiger charge is -2.17. The molecule has 0 atom stereocenters. The van der Waals surface area contributed by atoms with E-state index in [0.29, 0.717) is 37.6 Å². The van der Waals surface area contributed by atoms with Gasteiger partial charge in [-0.15, -0.1) is 24.0 Å². The molecule has 0 spiro atoms. The molecule has 3 N–H and O–H groups in total. The summed E-state index contributed by atoms with van der Waals surface area (Å²) in [6.07, 6.45) is 0.343. The lowest BCUT2D eigenvalue weighted by molar-refractivity contribution is -0.130. The summed E-state index contributed by atoms with van der Waals surface area (Å²) in [5.41, 5.74) is 6.57. The van der Waals surface area contributed by atoms with Crippen LogP contribution >= 0.6 is 24.0 Å². The van der Waals surface area contributed by atoms with E-state index in [1.807, 2.05) is 19.9 Å². The van der Waals surface area contributed by atoms with E-state index in [9.17, 15) is 4.79 Å². The molecule has 0 aliphatic carbocycles. The van der Waals surface area contributed by atoms with Crippen LogP contribution in [0, 0.1) is 0 Å². The zero-order valence-electron chi connectivity index (χ0n) is 14.7. The molecule has 8 heteroatoms. The van der Waals surface area contributed by atoms with Gasteiger partial charge in [0, 0.05) is 31.3 Å². The van der Waals surface area contributed by atoms with Gasteiger partial charge in [-0.1, -0.05) is 0 Å². The van der Waals surface area contributed by atoms with Crippen molar-refractivity contribution >= 4 is 41.5 Å². The number of hydrogen-bond acceptors (Lipinski definition) is 4. The second kappa shape index (κ2) is 11.8. The van der Waals surface area contributed by atoms with Crippen molar-refractivity contribution in [1.29, 1.82) is 0 Å². The Morgan fingerprint density at radius 2 is 1.83 bits per heavy atom. The standard InChI is InChI=1S/C16H26N4O3.HI/c1-5-20(6-2)15(21)9-10-18-16(17)19-12-7-8-13(22-3)14(11-12)23-4;/h7-8,11H,5-6,9-10H2,1-4H3,(H3,17,18,19);1H. The predicted octanol–water partition coefficient (Wildman–Crippen LogP) is 2.31. The summed E-state index contributed by atoms with van der Waals surface area (Å²) in [6, 6.07) is 5.35. The molecule has 1 aromatic rings. The van der Waals surface area contributed by atoms with E-state index in [1.54, 1.807) is 31.3 Å². The highest BCUT2D eigenvalue weighted by Crippen LogP contribution is 2.29. The van der Waals surface area contributed by atoms with E-state index in [1.165, 1.54) is 0 Å². The first-order chi connectivity index (χ1) is 11.0. The molecule has 1 amide bonds. The summed E-state index contributed by atoms with van der Waals surface area (Å²) in [4.78, 5) is 17.8. The Balaban J connectivity index is 0.00000529. The minimum absolute atomic E-state index is 0. The summed E-state index contributed by atoms with van der Waals surface area (Å²) in [5, 5.41) is 2.97. The van der Waals surface area contributed by atoms with Crippen LogP contribution in [0.4, 0.5) is 5.69 Å². The maximum Gasteiger partial charge on any atom is 0.224 e. The lowest BCUT2D eigenvalue weighted by Crippen LogP contribution is -2.31. The van der Waals surface area contributed by atoms with E-state index < -0.39 is 0 Å². The number of anilines is 1. The third-order valence-electron chi connectivity index (χ3n) is 3.38. The number of aliphatic imine (C=N–C) groups is 1. The number of nitrogens with zero attached hydrogens (tertiary/aromatic N) is 2. The summed E-state index contributed by atoms with van der Waals surface area (Å²) in [7, 11) is 3.14. The number of carbonyl (C=O) groups is 1. The molecule has 0 bridgehead atoms. The molecule has 0 heterocycles. The number of hydrogen-bond donors (Lipinski definition) is 2. The summed E-state index contributed by atoms with van der Waals surface area (Å²) < 4.78 is 10.4. The van der Waals surface area contributed by atoms with Crippen LogP contribution in [0.1, 0.15) is 20.3 Å². The highest BCUT2D eigenvalue weighted by Gasteiger charge is 2.08. The van der Waals surface area contributed by atoms with Crippen LogP contribution in [0.15, 0.2) is 23.2 Å². The number of nitrogens with one attached hydrogen (secondary N) is 1. The number of nitrogens with two attached hydrogens (primary N) is 1. The topological polar surface area (TPSA) is 89.2 Å². The van der Waals surface area contributed by atoms with Gasteiger partial charge < -0.3 is 25.4 Å². The molecule has 0 saturated heterocycles. The first kappa shape index (κ1) is 22.3. The molecule has 7 nitrogen and oxygen atoms in total. The van der Waals surface area contributed by atoms with Gasteiger partial charge in [-0.2, -0.15) is 0 Å². The Kier molecular flexibility index (Phi) is 10.9. The predicted molar refractivity (Wildman–Crippen MR) is 108 cm³/mol. The van der Waals surface area contributed by atoms with Gasteiger partial charge in [-0.3, -0.25) is 9.79 Å². The number of rotatable bonds is 8. The molecule has 1 rings (SSSR count). The number of amides is 1. The van der Waals surface area contributed by atoms with E-state index >= 15 is 0 Å². The molecule has 0 unspecified atom stereocenters. The van der Waals surface area contributed by atoms with Gasteiger partial charge in [0.2, 0.25) is 5.91 Å². The molecular formula is C16H27IN4O3. The highest BCUT2D eigenvalue weighted by atomic mass is 127. The SMILES string of the molecule is CCN(CC)C(=O)CCN=C(N)Nc1ccc(OC)c(OC)c1.I. The average molecular weight is 450 g/mol. The number of halogens is 1. The van der Waals surface area contributed by atoms with Crippen LogP contribution in [-0.4, -0.2) is 50.6 Å². The number of methoxy groups -OCH3 is 2.